The molecule has 1 atom stereocenters. The summed E-state index contributed by atoms with van der Waals surface area (Å²) < 4.78 is 0. The van der Waals surface area contributed by atoms with Crippen LogP contribution in [0.2, 0.25) is 5.02 Å². The van der Waals surface area contributed by atoms with Crippen molar-refractivity contribution in [2.75, 3.05) is 0 Å². The van der Waals surface area contributed by atoms with Gasteiger partial charge in [0.05, 0.1) is 0 Å². The fraction of sp³-hybridized carbons (Fsp3) is 0.222. The van der Waals surface area contributed by atoms with Crippen molar-refractivity contribution >= 4 is 17.5 Å². The molecular weight excluding hydrogens is 188 g/mol. The van der Waals surface area contributed by atoms with E-state index < -0.39 is 11.9 Å². The van der Waals surface area contributed by atoms with Crippen LogP contribution in [-0.2, 0) is 4.79 Å². The SMILES string of the molecule is NC(=O)C[C@H](N)c1ccccc1Cl. The number of carbonyl (C=O) groups is 1. The second kappa shape index (κ2) is 4.25. The first-order chi connectivity index (χ1) is 6.11. The van der Waals surface area contributed by atoms with Crippen molar-refractivity contribution in [2.24, 2.45) is 11.5 Å². The lowest BCUT2D eigenvalue weighted by molar-refractivity contribution is -0.118. The minimum absolute atomic E-state index is 0.115. The summed E-state index contributed by atoms with van der Waals surface area (Å²) in [5.74, 6) is -0.424. The molecule has 1 rings (SSSR count). The predicted octanol–water partition coefficient (Wildman–Crippen LogP) is 1.22. The number of hydrogen-bond donors (Lipinski definition) is 2. The van der Waals surface area contributed by atoms with Gasteiger partial charge in [0.15, 0.2) is 0 Å². The molecule has 0 aliphatic heterocycles. The highest BCUT2D eigenvalue weighted by Crippen LogP contribution is 2.22. The van der Waals surface area contributed by atoms with Crippen LogP contribution in [0.5, 0.6) is 0 Å². The van der Waals surface area contributed by atoms with E-state index in [4.69, 9.17) is 23.1 Å². The zero-order valence-corrected chi connectivity index (χ0v) is 7.79. The first kappa shape index (κ1) is 10.0. The Morgan fingerprint density at radius 2 is 2.08 bits per heavy atom. The summed E-state index contributed by atoms with van der Waals surface area (Å²) in [5.41, 5.74) is 11.5. The quantitative estimate of drug-likeness (QED) is 0.767. The molecule has 0 fully saturated rings. The monoisotopic (exact) mass is 198 g/mol. The molecule has 0 unspecified atom stereocenters. The molecule has 0 aliphatic carbocycles. The summed E-state index contributed by atoms with van der Waals surface area (Å²) in [7, 11) is 0. The summed E-state index contributed by atoms with van der Waals surface area (Å²) in [6.45, 7) is 0. The van der Waals surface area contributed by atoms with Gasteiger partial charge < -0.3 is 11.5 Å². The highest BCUT2D eigenvalue weighted by Gasteiger charge is 2.11. The van der Waals surface area contributed by atoms with Gasteiger partial charge in [-0.3, -0.25) is 4.79 Å². The fourth-order valence-corrected chi connectivity index (χ4v) is 1.38. The van der Waals surface area contributed by atoms with E-state index in [1.807, 2.05) is 12.1 Å². The Morgan fingerprint density at radius 3 is 2.62 bits per heavy atom. The summed E-state index contributed by atoms with van der Waals surface area (Å²) in [4.78, 5) is 10.6. The van der Waals surface area contributed by atoms with E-state index in [0.29, 0.717) is 5.02 Å². The van der Waals surface area contributed by atoms with Gasteiger partial charge in [-0.05, 0) is 11.6 Å². The Labute approximate surface area is 81.7 Å². The number of rotatable bonds is 3. The zero-order chi connectivity index (χ0) is 9.84. The van der Waals surface area contributed by atoms with Gasteiger partial charge in [0.1, 0.15) is 0 Å². The maximum Gasteiger partial charge on any atom is 0.219 e. The molecule has 0 bridgehead atoms. The highest BCUT2D eigenvalue weighted by molar-refractivity contribution is 6.31. The Balaban J connectivity index is 2.82. The number of benzene rings is 1. The third-order valence-electron chi connectivity index (χ3n) is 1.73. The van der Waals surface area contributed by atoms with Crippen molar-refractivity contribution in [2.45, 2.75) is 12.5 Å². The van der Waals surface area contributed by atoms with Gasteiger partial charge in [-0.25, -0.2) is 0 Å². The number of amides is 1. The lowest BCUT2D eigenvalue weighted by atomic mass is 10.0. The van der Waals surface area contributed by atoms with Crippen LogP contribution in [0.25, 0.3) is 0 Å². The second-order valence-corrected chi connectivity index (χ2v) is 3.21. The third-order valence-corrected chi connectivity index (χ3v) is 2.07. The smallest absolute Gasteiger partial charge is 0.219 e. The normalized spacial score (nSPS) is 12.5. The van der Waals surface area contributed by atoms with Crippen molar-refractivity contribution in [3.8, 4) is 0 Å². The van der Waals surface area contributed by atoms with E-state index in [2.05, 4.69) is 0 Å². The van der Waals surface area contributed by atoms with Crippen LogP contribution in [-0.4, -0.2) is 5.91 Å². The van der Waals surface area contributed by atoms with Gasteiger partial charge in [-0.1, -0.05) is 29.8 Å². The molecule has 4 heteroatoms. The first-order valence-corrected chi connectivity index (χ1v) is 4.27. The van der Waals surface area contributed by atoms with Crippen LogP contribution >= 0.6 is 11.6 Å². The van der Waals surface area contributed by atoms with Crippen molar-refractivity contribution in [3.05, 3.63) is 34.9 Å². The molecule has 3 nitrogen and oxygen atoms in total. The van der Waals surface area contributed by atoms with E-state index in [-0.39, 0.29) is 6.42 Å². The van der Waals surface area contributed by atoms with Crippen molar-refractivity contribution in [3.63, 3.8) is 0 Å². The molecule has 1 aromatic rings. The molecule has 70 valence electrons. The number of hydrogen-bond acceptors (Lipinski definition) is 2. The van der Waals surface area contributed by atoms with E-state index in [0.717, 1.165) is 5.56 Å². The highest BCUT2D eigenvalue weighted by atomic mass is 35.5. The summed E-state index contributed by atoms with van der Waals surface area (Å²) in [6.07, 6.45) is 0.115. The van der Waals surface area contributed by atoms with Gasteiger partial charge in [0, 0.05) is 17.5 Å². The number of primary amides is 1. The van der Waals surface area contributed by atoms with E-state index in [1.165, 1.54) is 0 Å². The second-order valence-electron chi connectivity index (χ2n) is 2.80. The van der Waals surface area contributed by atoms with Gasteiger partial charge in [0.2, 0.25) is 5.91 Å². The van der Waals surface area contributed by atoms with Crippen molar-refractivity contribution in [1.82, 2.24) is 0 Å². The van der Waals surface area contributed by atoms with E-state index in [1.54, 1.807) is 12.1 Å². The fourth-order valence-electron chi connectivity index (χ4n) is 1.10. The van der Waals surface area contributed by atoms with Gasteiger partial charge in [-0.2, -0.15) is 0 Å². The molecule has 1 aromatic carbocycles. The molecule has 0 heterocycles. The standard InChI is InChI=1S/C9H11ClN2O/c10-7-4-2-1-3-6(7)8(11)5-9(12)13/h1-4,8H,5,11H2,(H2,12,13)/t8-/m0/s1. The molecular formula is C9H11ClN2O. The molecule has 1 amide bonds. The average Bonchev–Trinajstić information content (AvgIpc) is 2.03. The lowest BCUT2D eigenvalue weighted by Gasteiger charge is -2.10. The topological polar surface area (TPSA) is 69.1 Å². The van der Waals surface area contributed by atoms with Crippen LogP contribution in [0, 0.1) is 0 Å². The summed E-state index contributed by atoms with van der Waals surface area (Å²) >= 11 is 5.87. The van der Waals surface area contributed by atoms with Crippen LogP contribution in [0.15, 0.2) is 24.3 Å². The molecule has 4 N–H and O–H groups in total. The largest absolute Gasteiger partial charge is 0.370 e. The van der Waals surface area contributed by atoms with Crippen LogP contribution in [0.4, 0.5) is 0 Å². The van der Waals surface area contributed by atoms with Gasteiger partial charge in [0.25, 0.3) is 0 Å². The maximum atomic E-state index is 10.6. The lowest BCUT2D eigenvalue weighted by Crippen LogP contribution is -2.20. The van der Waals surface area contributed by atoms with Gasteiger partial charge in [-0.15, -0.1) is 0 Å². The van der Waals surface area contributed by atoms with Crippen LogP contribution in [0.1, 0.15) is 18.0 Å². The Kier molecular flexibility index (Phi) is 3.28. The van der Waals surface area contributed by atoms with Gasteiger partial charge >= 0.3 is 0 Å². The molecule has 0 aliphatic rings. The first-order valence-electron chi connectivity index (χ1n) is 3.89. The Bertz CT molecular complexity index is 314. The molecule has 0 spiro atoms. The Morgan fingerprint density at radius 1 is 1.46 bits per heavy atom. The molecule has 13 heavy (non-hydrogen) atoms. The molecule has 0 radical (unpaired) electrons. The molecule has 0 saturated carbocycles. The van der Waals surface area contributed by atoms with Crippen molar-refractivity contribution in [1.29, 1.82) is 0 Å². The zero-order valence-electron chi connectivity index (χ0n) is 7.03. The average molecular weight is 199 g/mol. The van der Waals surface area contributed by atoms with E-state index >= 15 is 0 Å². The predicted molar refractivity (Wildman–Crippen MR) is 52.2 cm³/mol. The maximum absolute atomic E-state index is 10.6. The third kappa shape index (κ3) is 2.72. The van der Waals surface area contributed by atoms with Crippen molar-refractivity contribution < 1.29 is 4.79 Å². The molecule has 0 aromatic heterocycles. The number of halogens is 1. The van der Waals surface area contributed by atoms with Crippen LogP contribution < -0.4 is 11.5 Å². The van der Waals surface area contributed by atoms with E-state index in [9.17, 15) is 4.79 Å². The van der Waals surface area contributed by atoms with Crippen LogP contribution in [0.3, 0.4) is 0 Å². The Hall–Kier alpha value is -1.06. The molecule has 0 saturated heterocycles. The minimum Gasteiger partial charge on any atom is -0.370 e. The number of nitrogens with two attached hydrogens (primary N) is 2. The minimum atomic E-state index is -0.424. The summed E-state index contributed by atoms with van der Waals surface area (Å²) in [6, 6.07) is 6.74. The number of carbonyl (C=O) groups excluding carboxylic acids is 1. The summed E-state index contributed by atoms with van der Waals surface area (Å²) in [5, 5.41) is 0.566.